The van der Waals surface area contributed by atoms with Gasteiger partial charge in [0, 0.05) is 40.4 Å². The molecule has 5 rings (SSSR count). The first-order chi connectivity index (χ1) is 22.4. The minimum atomic E-state index is -0.932. The fourth-order valence-corrected chi connectivity index (χ4v) is 7.01. The van der Waals surface area contributed by atoms with Gasteiger partial charge in [0.2, 0.25) is 5.91 Å². The molecule has 1 saturated heterocycles. The number of hydrogen-bond donors (Lipinski definition) is 3. The lowest BCUT2D eigenvalue weighted by atomic mass is 9.84. The Morgan fingerprint density at radius 1 is 0.935 bits per heavy atom. The van der Waals surface area contributed by atoms with Crippen LogP contribution in [0.1, 0.15) is 34.6 Å². The number of methoxy groups -OCH3 is 1. The lowest BCUT2D eigenvalue weighted by Gasteiger charge is -2.31. The third-order valence-corrected chi connectivity index (χ3v) is 9.64. The van der Waals surface area contributed by atoms with Crippen LogP contribution in [0.25, 0.3) is 0 Å². The molecular weight excluding hydrogens is 618 g/mol. The van der Waals surface area contributed by atoms with Gasteiger partial charge in [0.05, 0.1) is 19.3 Å². The molecular formula is C37H40ClN3O4S. The SMILES string of the molecule is COC(=O)N[C@H](C(=O)Nc1ccccc1CC[C@@H]1CNC[C@@H](CSc2ccc(Cl)cc2C)O1)C(c1ccccc1)c1ccccc1. The molecule has 0 saturated carbocycles. The van der Waals surface area contributed by atoms with E-state index in [9.17, 15) is 9.59 Å². The molecule has 1 aliphatic rings. The zero-order valence-corrected chi connectivity index (χ0v) is 27.7. The summed E-state index contributed by atoms with van der Waals surface area (Å²) in [6.45, 7) is 3.66. The molecule has 0 unspecified atom stereocenters. The number of ether oxygens (including phenoxy) is 2. The second-order valence-corrected chi connectivity index (χ2v) is 12.9. The smallest absolute Gasteiger partial charge is 0.407 e. The number of benzene rings is 4. The highest BCUT2D eigenvalue weighted by atomic mass is 35.5. The number of thioether (sulfide) groups is 1. The Kier molecular flexibility index (Phi) is 12.1. The van der Waals surface area contributed by atoms with Gasteiger partial charge in [-0.3, -0.25) is 4.79 Å². The van der Waals surface area contributed by atoms with Crippen LogP contribution in [-0.2, 0) is 20.7 Å². The normalized spacial score (nSPS) is 16.9. The van der Waals surface area contributed by atoms with Crippen molar-refractivity contribution in [1.82, 2.24) is 10.6 Å². The Morgan fingerprint density at radius 3 is 2.26 bits per heavy atom. The van der Waals surface area contributed by atoms with Crippen molar-refractivity contribution in [2.75, 3.05) is 31.3 Å². The maximum Gasteiger partial charge on any atom is 0.407 e. The standard InChI is InChI=1S/C37H40ClN3O4S/c1-25-21-29(38)18-20-33(25)46-24-31-23-39-22-30(45-31)19-17-26-11-9-10-16-32(26)40-36(42)35(41-37(43)44-2)34(27-12-5-3-6-13-27)28-14-7-4-8-15-28/h3-16,18,20-21,30-31,34-35,39H,17,19,22-24H2,1-2H3,(H,40,42)(H,41,43)/t30-,31+,35+/m1/s1. The average molecular weight is 658 g/mol. The Morgan fingerprint density at radius 2 is 1.59 bits per heavy atom. The van der Waals surface area contributed by atoms with Crippen molar-refractivity contribution in [3.05, 3.63) is 130 Å². The van der Waals surface area contributed by atoms with Gasteiger partial charge in [-0.05, 0) is 66.3 Å². The van der Waals surface area contributed by atoms with Gasteiger partial charge in [0.25, 0.3) is 0 Å². The van der Waals surface area contributed by atoms with Gasteiger partial charge in [0.15, 0.2) is 0 Å². The number of amides is 2. The summed E-state index contributed by atoms with van der Waals surface area (Å²) in [5.74, 6) is 0.0690. The minimum absolute atomic E-state index is 0.0451. The van der Waals surface area contributed by atoms with Gasteiger partial charge >= 0.3 is 6.09 Å². The molecule has 4 aromatic carbocycles. The summed E-state index contributed by atoms with van der Waals surface area (Å²) < 4.78 is 11.4. The van der Waals surface area contributed by atoms with Gasteiger partial charge in [0.1, 0.15) is 6.04 Å². The Hall–Kier alpha value is -3.82. The largest absolute Gasteiger partial charge is 0.453 e. The van der Waals surface area contributed by atoms with Crippen LogP contribution in [0.4, 0.5) is 10.5 Å². The summed E-state index contributed by atoms with van der Waals surface area (Å²) in [6, 6.07) is 32.3. The molecule has 0 aromatic heterocycles. The topological polar surface area (TPSA) is 88.7 Å². The molecule has 1 fully saturated rings. The number of nitrogens with one attached hydrogen (secondary N) is 3. The maximum atomic E-state index is 14.1. The van der Waals surface area contributed by atoms with E-state index in [1.807, 2.05) is 97.1 Å². The van der Waals surface area contributed by atoms with Crippen molar-refractivity contribution >= 4 is 41.1 Å². The van der Waals surface area contributed by atoms with Crippen molar-refractivity contribution in [3.63, 3.8) is 0 Å². The highest BCUT2D eigenvalue weighted by Crippen LogP contribution is 2.30. The molecule has 0 aliphatic carbocycles. The number of carbonyl (C=O) groups excluding carboxylic acids is 2. The second kappa shape index (κ2) is 16.7. The molecule has 4 aromatic rings. The van der Waals surface area contributed by atoms with E-state index in [0.717, 1.165) is 53.4 Å². The first-order valence-corrected chi connectivity index (χ1v) is 16.9. The minimum Gasteiger partial charge on any atom is -0.453 e. The van der Waals surface area contributed by atoms with Crippen molar-refractivity contribution in [2.45, 2.75) is 48.8 Å². The number of hydrogen-bond acceptors (Lipinski definition) is 6. The molecule has 9 heteroatoms. The van der Waals surface area contributed by atoms with E-state index >= 15 is 0 Å². The Balaban J connectivity index is 1.27. The van der Waals surface area contributed by atoms with Crippen LogP contribution < -0.4 is 16.0 Å². The van der Waals surface area contributed by atoms with E-state index < -0.39 is 18.1 Å². The van der Waals surface area contributed by atoms with E-state index in [4.69, 9.17) is 21.1 Å². The predicted octanol–water partition coefficient (Wildman–Crippen LogP) is 7.23. The third kappa shape index (κ3) is 9.13. The monoisotopic (exact) mass is 657 g/mol. The van der Waals surface area contributed by atoms with Crippen molar-refractivity contribution < 1.29 is 19.1 Å². The van der Waals surface area contributed by atoms with E-state index in [1.165, 1.54) is 17.6 Å². The van der Waals surface area contributed by atoms with Gasteiger partial charge in [-0.2, -0.15) is 0 Å². The van der Waals surface area contributed by atoms with Gasteiger partial charge in [-0.15, -0.1) is 11.8 Å². The Labute approximate surface area is 280 Å². The van der Waals surface area contributed by atoms with Crippen molar-refractivity contribution in [2.24, 2.45) is 0 Å². The summed E-state index contributed by atoms with van der Waals surface area (Å²) in [4.78, 5) is 27.8. The molecule has 2 amide bonds. The molecule has 0 bridgehead atoms. The number of morpholine rings is 1. The lowest BCUT2D eigenvalue weighted by molar-refractivity contribution is -0.118. The highest BCUT2D eigenvalue weighted by molar-refractivity contribution is 7.99. The van der Waals surface area contributed by atoms with E-state index in [2.05, 4.69) is 28.9 Å². The summed E-state index contributed by atoms with van der Waals surface area (Å²) in [7, 11) is 1.30. The maximum absolute atomic E-state index is 14.1. The van der Waals surface area contributed by atoms with Crippen molar-refractivity contribution in [3.8, 4) is 0 Å². The zero-order valence-electron chi connectivity index (χ0n) is 26.1. The number of anilines is 1. The number of alkyl carbamates (subject to hydrolysis) is 1. The summed E-state index contributed by atoms with van der Waals surface area (Å²) in [6.07, 6.45) is 0.970. The van der Waals surface area contributed by atoms with Gasteiger partial charge in [-0.1, -0.05) is 90.5 Å². The molecule has 0 spiro atoms. The van der Waals surface area contributed by atoms with Crippen LogP contribution in [0.15, 0.2) is 108 Å². The molecule has 3 N–H and O–H groups in total. The van der Waals surface area contributed by atoms with Crippen molar-refractivity contribution in [1.29, 1.82) is 0 Å². The third-order valence-electron chi connectivity index (χ3n) is 8.09. The number of halogens is 1. The number of para-hydroxylation sites is 1. The fraction of sp³-hybridized carbons (Fsp3) is 0.297. The zero-order chi connectivity index (χ0) is 32.3. The fourth-order valence-electron chi connectivity index (χ4n) is 5.77. The summed E-state index contributed by atoms with van der Waals surface area (Å²) in [5, 5.41) is 10.2. The van der Waals surface area contributed by atoms with E-state index in [1.54, 1.807) is 11.8 Å². The molecule has 1 heterocycles. The number of aryl methyl sites for hydroxylation is 2. The van der Waals surface area contributed by atoms with Gasteiger partial charge in [-0.25, -0.2) is 4.79 Å². The van der Waals surface area contributed by atoms with E-state index in [0.29, 0.717) is 5.69 Å². The molecule has 7 nitrogen and oxygen atoms in total. The molecule has 46 heavy (non-hydrogen) atoms. The summed E-state index contributed by atoms with van der Waals surface area (Å²) >= 11 is 7.91. The summed E-state index contributed by atoms with van der Waals surface area (Å²) in [5.41, 5.74) is 4.68. The molecule has 240 valence electrons. The van der Waals surface area contributed by atoms with Crippen LogP contribution in [-0.4, -0.2) is 56.2 Å². The molecule has 0 radical (unpaired) electrons. The first kappa shape index (κ1) is 33.5. The highest BCUT2D eigenvalue weighted by Gasteiger charge is 2.33. The second-order valence-electron chi connectivity index (χ2n) is 11.4. The predicted molar refractivity (Wildman–Crippen MR) is 186 cm³/mol. The van der Waals surface area contributed by atoms with Gasteiger partial charge < -0.3 is 25.4 Å². The quantitative estimate of drug-likeness (QED) is 0.139. The molecule has 3 atom stereocenters. The van der Waals surface area contributed by atoms with E-state index in [-0.39, 0.29) is 18.1 Å². The molecule has 1 aliphatic heterocycles. The Bertz CT molecular complexity index is 1550. The van der Waals surface area contributed by atoms with Crippen LogP contribution in [0, 0.1) is 6.92 Å². The van der Waals surface area contributed by atoms with Crippen LogP contribution in [0.5, 0.6) is 0 Å². The van der Waals surface area contributed by atoms with Crippen LogP contribution in [0.3, 0.4) is 0 Å². The lowest BCUT2D eigenvalue weighted by Crippen LogP contribution is -2.48. The number of carbonyl (C=O) groups is 2. The number of rotatable bonds is 12. The first-order valence-electron chi connectivity index (χ1n) is 15.5. The average Bonchev–Trinajstić information content (AvgIpc) is 3.08. The van der Waals surface area contributed by atoms with Crippen LogP contribution in [0.2, 0.25) is 5.02 Å². The van der Waals surface area contributed by atoms with Crippen LogP contribution >= 0.6 is 23.4 Å².